The molecule has 0 unspecified atom stereocenters. The van der Waals surface area contributed by atoms with Crippen LogP contribution in [0, 0.1) is 10.8 Å². The molecule has 9 heteroatoms. The number of esters is 1. The molecular weight excluding hydrogens is 369 g/mol. The maximum absolute atomic E-state index is 12.8. The van der Waals surface area contributed by atoms with Gasteiger partial charge >= 0.3 is 12.1 Å². The number of halogens is 3. The number of carbonyl (C=O) groups excluding carboxylic acids is 2. The third-order valence-electron chi connectivity index (χ3n) is 6.05. The predicted octanol–water partition coefficient (Wildman–Crippen LogP) is 3.21. The molecule has 1 amide bonds. The fourth-order valence-electron chi connectivity index (χ4n) is 4.72. The minimum Gasteiger partial charge on any atom is -0.469 e. The Balaban J connectivity index is 1.33. The zero-order chi connectivity index (χ0) is 18.7. The third kappa shape index (κ3) is 2.54. The van der Waals surface area contributed by atoms with Crippen molar-refractivity contribution in [3.05, 3.63) is 16.1 Å². The molecule has 1 aromatic rings. The van der Waals surface area contributed by atoms with Crippen molar-refractivity contribution < 1.29 is 27.5 Å². The first-order chi connectivity index (χ1) is 12.2. The Bertz CT molecular complexity index is 733. The molecular formula is C17H19F3N2O3S. The minimum absolute atomic E-state index is 0.0328. The highest BCUT2D eigenvalue weighted by Crippen LogP contribution is 2.74. The van der Waals surface area contributed by atoms with Gasteiger partial charge in [-0.2, -0.15) is 13.2 Å². The van der Waals surface area contributed by atoms with Gasteiger partial charge < -0.3 is 9.64 Å². The van der Waals surface area contributed by atoms with Crippen LogP contribution in [-0.2, 0) is 20.5 Å². The molecule has 5 nitrogen and oxygen atoms in total. The van der Waals surface area contributed by atoms with Crippen molar-refractivity contribution in [1.29, 1.82) is 0 Å². The summed E-state index contributed by atoms with van der Waals surface area (Å²) in [6.45, 7) is 1.05. The fourth-order valence-corrected chi connectivity index (χ4v) is 5.72. The summed E-state index contributed by atoms with van der Waals surface area (Å²) in [7, 11) is 1.37. The molecule has 0 radical (unpaired) electrons. The van der Waals surface area contributed by atoms with Crippen molar-refractivity contribution in [3.8, 4) is 0 Å². The largest absolute Gasteiger partial charge is 0.469 e. The van der Waals surface area contributed by atoms with Crippen LogP contribution in [0.25, 0.3) is 0 Å². The van der Waals surface area contributed by atoms with E-state index >= 15 is 0 Å². The summed E-state index contributed by atoms with van der Waals surface area (Å²) in [5.41, 5.74) is -1.69. The Morgan fingerprint density at radius 2 is 1.85 bits per heavy atom. The zero-order valence-electron chi connectivity index (χ0n) is 14.3. The number of hydrogen-bond donors (Lipinski definition) is 0. The van der Waals surface area contributed by atoms with E-state index in [1.807, 2.05) is 0 Å². The number of piperidine rings is 1. The number of alkyl halides is 3. The number of nitrogens with zero attached hydrogens (tertiary/aromatic N) is 2. The number of aromatic nitrogens is 1. The lowest BCUT2D eigenvalue weighted by Gasteiger charge is -2.67. The monoisotopic (exact) mass is 388 g/mol. The average Bonchev–Trinajstić information content (AvgIpc) is 3.02. The summed E-state index contributed by atoms with van der Waals surface area (Å²) in [6.07, 6.45) is -1.48. The first-order valence-corrected chi connectivity index (χ1v) is 9.48. The Hall–Kier alpha value is -1.64. The number of hydrogen-bond acceptors (Lipinski definition) is 5. The summed E-state index contributed by atoms with van der Waals surface area (Å²) in [5.74, 6) is -0.179. The van der Waals surface area contributed by atoms with Crippen LogP contribution in [0.3, 0.4) is 0 Å². The lowest BCUT2D eigenvalue weighted by atomic mass is 9.34. The molecule has 3 aliphatic carbocycles. The molecule has 26 heavy (non-hydrogen) atoms. The van der Waals surface area contributed by atoms with E-state index in [0.29, 0.717) is 50.2 Å². The van der Waals surface area contributed by atoms with Gasteiger partial charge in [-0.3, -0.25) is 9.59 Å². The molecule has 1 aromatic heterocycles. The van der Waals surface area contributed by atoms with Gasteiger partial charge in [0.25, 0.3) is 0 Å². The summed E-state index contributed by atoms with van der Waals surface area (Å²) in [5, 5.41) is 1.56. The van der Waals surface area contributed by atoms with Crippen LogP contribution in [0.4, 0.5) is 13.2 Å². The molecule has 142 valence electrons. The topological polar surface area (TPSA) is 59.5 Å². The molecule has 5 rings (SSSR count). The van der Waals surface area contributed by atoms with Crippen LogP contribution < -0.4 is 0 Å². The van der Waals surface area contributed by atoms with E-state index in [9.17, 15) is 22.8 Å². The van der Waals surface area contributed by atoms with Crippen molar-refractivity contribution in [2.45, 2.75) is 44.2 Å². The van der Waals surface area contributed by atoms with Gasteiger partial charge in [-0.05, 0) is 32.1 Å². The highest BCUT2D eigenvalue weighted by molar-refractivity contribution is 7.09. The number of ether oxygens (including phenoxy) is 1. The molecule has 0 atom stereocenters. The van der Waals surface area contributed by atoms with E-state index < -0.39 is 22.7 Å². The van der Waals surface area contributed by atoms with Crippen LogP contribution in [0.15, 0.2) is 5.38 Å². The second-order valence-corrected chi connectivity index (χ2v) is 8.61. The molecule has 0 N–H and O–H groups in total. The van der Waals surface area contributed by atoms with Crippen molar-refractivity contribution >= 4 is 23.2 Å². The van der Waals surface area contributed by atoms with Crippen molar-refractivity contribution in [1.82, 2.24) is 9.88 Å². The van der Waals surface area contributed by atoms with Gasteiger partial charge in [-0.25, -0.2) is 4.98 Å². The Kier molecular flexibility index (Phi) is 3.88. The molecule has 0 spiro atoms. The summed E-state index contributed by atoms with van der Waals surface area (Å²) >= 11 is 1.04. The van der Waals surface area contributed by atoms with Gasteiger partial charge in [-0.15, -0.1) is 11.3 Å². The summed E-state index contributed by atoms with van der Waals surface area (Å²) in [4.78, 5) is 30.1. The summed E-state index contributed by atoms with van der Waals surface area (Å²) in [6, 6.07) is 0. The van der Waals surface area contributed by atoms with E-state index in [-0.39, 0.29) is 17.8 Å². The van der Waals surface area contributed by atoms with Crippen LogP contribution >= 0.6 is 11.3 Å². The molecule has 4 aliphatic rings. The number of thiazole rings is 1. The van der Waals surface area contributed by atoms with E-state index in [1.165, 1.54) is 7.11 Å². The Morgan fingerprint density at radius 1 is 1.23 bits per heavy atom. The van der Waals surface area contributed by atoms with E-state index in [0.717, 1.165) is 16.7 Å². The second kappa shape index (κ2) is 5.68. The lowest BCUT2D eigenvalue weighted by Crippen LogP contribution is -2.71. The normalized spacial score (nSPS) is 31.2. The lowest BCUT2D eigenvalue weighted by molar-refractivity contribution is -0.228. The van der Waals surface area contributed by atoms with Gasteiger partial charge in [0.2, 0.25) is 5.91 Å². The van der Waals surface area contributed by atoms with E-state index in [4.69, 9.17) is 4.74 Å². The first kappa shape index (κ1) is 17.8. The number of methoxy groups -OCH3 is 1. The Morgan fingerprint density at radius 3 is 2.35 bits per heavy atom. The Labute approximate surface area is 152 Å². The van der Waals surface area contributed by atoms with Crippen molar-refractivity contribution in [3.63, 3.8) is 0 Å². The molecule has 4 fully saturated rings. The highest BCUT2D eigenvalue weighted by atomic mass is 32.1. The van der Waals surface area contributed by atoms with E-state index in [2.05, 4.69) is 4.98 Å². The molecule has 1 saturated heterocycles. The van der Waals surface area contributed by atoms with Crippen LogP contribution in [0.1, 0.15) is 48.7 Å². The van der Waals surface area contributed by atoms with Crippen molar-refractivity contribution in [2.75, 3.05) is 20.2 Å². The number of amides is 1. The number of rotatable bonds is 3. The van der Waals surface area contributed by atoms with E-state index in [1.54, 1.807) is 4.90 Å². The number of carbonyl (C=O) groups is 2. The molecule has 1 aliphatic heterocycles. The SMILES string of the molecule is COC(=O)C12CC(C(=O)N3CCC(c4nc(C(F)(F)F)cs4)CC3)(C1)C2. The minimum atomic E-state index is -4.41. The quantitative estimate of drug-likeness (QED) is 0.746. The molecule has 3 saturated carbocycles. The number of likely N-dealkylation sites (tertiary alicyclic amines) is 1. The van der Waals surface area contributed by atoms with Crippen molar-refractivity contribution in [2.24, 2.45) is 10.8 Å². The highest BCUT2D eigenvalue weighted by Gasteiger charge is 2.76. The van der Waals surface area contributed by atoms with Crippen LogP contribution in [-0.4, -0.2) is 42.0 Å². The molecule has 2 bridgehead atoms. The maximum atomic E-state index is 12.8. The van der Waals surface area contributed by atoms with Gasteiger partial charge in [0, 0.05) is 24.4 Å². The molecule has 2 heterocycles. The third-order valence-corrected chi connectivity index (χ3v) is 7.05. The average molecular weight is 388 g/mol. The standard InChI is InChI=1S/C17H19F3N2O3S/c1-25-14(24)16-7-15(8-16,9-16)13(23)22-4-2-10(3-5-22)12-21-11(6-26-12)17(18,19)20/h6,10H,2-5,7-9H2,1H3. The predicted molar refractivity (Wildman–Crippen MR) is 86.4 cm³/mol. The van der Waals surface area contributed by atoms with Crippen LogP contribution in [0.5, 0.6) is 0 Å². The van der Waals surface area contributed by atoms with Gasteiger partial charge in [0.05, 0.1) is 22.9 Å². The zero-order valence-corrected chi connectivity index (χ0v) is 15.1. The second-order valence-electron chi connectivity index (χ2n) is 7.72. The first-order valence-electron chi connectivity index (χ1n) is 8.60. The molecule has 0 aromatic carbocycles. The van der Waals surface area contributed by atoms with Gasteiger partial charge in [-0.1, -0.05) is 0 Å². The smallest absolute Gasteiger partial charge is 0.434 e. The fraction of sp³-hybridized carbons (Fsp3) is 0.706. The van der Waals surface area contributed by atoms with Crippen LogP contribution in [0.2, 0.25) is 0 Å². The van der Waals surface area contributed by atoms with Gasteiger partial charge in [0.1, 0.15) is 0 Å². The maximum Gasteiger partial charge on any atom is 0.434 e. The summed E-state index contributed by atoms with van der Waals surface area (Å²) < 4.78 is 42.9. The van der Waals surface area contributed by atoms with Gasteiger partial charge in [0.15, 0.2) is 5.69 Å².